The van der Waals surface area contributed by atoms with E-state index in [4.69, 9.17) is 4.74 Å². The van der Waals surface area contributed by atoms with Crippen LogP contribution in [0.5, 0.6) is 0 Å². The van der Waals surface area contributed by atoms with Gasteiger partial charge in [-0.1, -0.05) is 12.1 Å². The first kappa shape index (κ1) is 14.3. The molecule has 2 aliphatic heterocycles. The van der Waals surface area contributed by atoms with Crippen molar-refractivity contribution in [1.82, 2.24) is 10.2 Å². The first-order chi connectivity index (χ1) is 10.3. The zero-order valence-corrected chi connectivity index (χ0v) is 11.9. The van der Waals surface area contributed by atoms with Crippen LogP contribution in [0.1, 0.15) is 0 Å². The molecule has 114 valence electrons. The highest BCUT2D eigenvalue weighted by atomic mass is 19.1. The topological polar surface area (TPSA) is 44.8 Å². The number of piperazine rings is 1. The largest absolute Gasteiger partial charge is 0.366 e. The summed E-state index contributed by atoms with van der Waals surface area (Å²) in [5, 5.41) is 3.16. The van der Waals surface area contributed by atoms with E-state index in [0.29, 0.717) is 45.0 Å². The van der Waals surface area contributed by atoms with Crippen LogP contribution in [0.15, 0.2) is 24.3 Å². The highest BCUT2D eigenvalue weighted by Gasteiger charge is 2.29. The second-order valence-electron chi connectivity index (χ2n) is 5.33. The fourth-order valence-corrected chi connectivity index (χ4v) is 2.80. The SMILES string of the molecule is O=C(C1CNCCO1)N1CCN(c2ccccc2F)CC1. The van der Waals surface area contributed by atoms with Gasteiger partial charge in [0.05, 0.1) is 12.3 Å². The van der Waals surface area contributed by atoms with Crippen LogP contribution in [0.25, 0.3) is 0 Å². The van der Waals surface area contributed by atoms with Crippen molar-refractivity contribution in [3.63, 3.8) is 0 Å². The Bertz CT molecular complexity index is 497. The van der Waals surface area contributed by atoms with Crippen molar-refractivity contribution in [2.24, 2.45) is 0 Å². The molecule has 0 saturated carbocycles. The Morgan fingerprint density at radius 1 is 1.24 bits per heavy atom. The van der Waals surface area contributed by atoms with Gasteiger partial charge >= 0.3 is 0 Å². The Hall–Kier alpha value is -1.66. The van der Waals surface area contributed by atoms with E-state index in [1.807, 2.05) is 15.9 Å². The van der Waals surface area contributed by atoms with E-state index in [0.717, 1.165) is 6.54 Å². The van der Waals surface area contributed by atoms with E-state index >= 15 is 0 Å². The molecule has 21 heavy (non-hydrogen) atoms. The normalized spacial score (nSPS) is 23.2. The molecule has 1 N–H and O–H groups in total. The number of hydrogen-bond acceptors (Lipinski definition) is 4. The van der Waals surface area contributed by atoms with Crippen LogP contribution in [0, 0.1) is 5.82 Å². The van der Waals surface area contributed by atoms with Crippen LogP contribution < -0.4 is 10.2 Å². The number of hydrogen-bond donors (Lipinski definition) is 1. The number of rotatable bonds is 2. The lowest BCUT2D eigenvalue weighted by Crippen LogP contribution is -2.55. The number of carbonyl (C=O) groups is 1. The summed E-state index contributed by atoms with van der Waals surface area (Å²) in [6.45, 7) is 4.45. The molecule has 1 aromatic carbocycles. The molecule has 0 aromatic heterocycles. The maximum atomic E-state index is 13.8. The van der Waals surface area contributed by atoms with Gasteiger partial charge in [0.1, 0.15) is 11.9 Å². The zero-order valence-electron chi connectivity index (χ0n) is 11.9. The molecular weight excluding hydrogens is 273 g/mol. The third-order valence-electron chi connectivity index (χ3n) is 3.99. The van der Waals surface area contributed by atoms with Gasteiger partial charge in [0.25, 0.3) is 5.91 Å². The average Bonchev–Trinajstić information content (AvgIpc) is 2.56. The molecule has 2 heterocycles. The second kappa shape index (κ2) is 6.41. The van der Waals surface area contributed by atoms with Gasteiger partial charge in [-0.15, -0.1) is 0 Å². The predicted octanol–water partition coefficient (Wildman–Crippen LogP) is 0.463. The maximum Gasteiger partial charge on any atom is 0.253 e. The second-order valence-corrected chi connectivity index (χ2v) is 5.33. The van der Waals surface area contributed by atoms with Crippen molar-refractivity contribution in [1.29, 1.82) is 0 Å². The molecule has 0 radical (unpaired) electrons. The van der Waals surface area contributed by atoms with Gasteiger partial charge in [-0.05, 0) is 12.1 Å². The Labute approximate surface area is 123 Å². The van der Waals surface area contributed by atoms with E-state index in [1.54, 1.807) is 12.1 Å². The number of para-hydroxylation sites is 1. The fourth-order valence-electron chi connectivity index (χ4n) is 2.80. The van der Waals surface area contributed by atoms with E-state index < -0.39 is 0 Å². The van der Waals surface area contributed by atoms with Crippen LogP contribution >= 0.6 is 0 Å². The highest BCUT2D eigenvalue weighted by Crippen LogP contribution is 2.20. The lowest BCUT2D eigenvalue weighted by Gasteiger charge is -2.38. The minimum Gasteiger partial charge on any atom is -0.366 e. The summed E-state index contributed by atoms with van der Waals surface area (Å²) >= 11 is 0. The third kappa shape index (κ3) is 3.16. The van der Waals surface area contributed by atoms with Crippen molar-refractivity contribution >= 4 is 11.6 Å². The number of nitrogens with one attached hydrogen (secondary N) is 1. The minimum atomic E-state index is -0.376. The molecule has 0 spiro atoms. The molecule has 6 heteroatoms. The monoisotopic (exact) mass is 293 g/mol. The van der Waals surface area contributed by atoms with Crippen LogP contribution in [0.3, 0.4) is 0 Å². The standard InChI is InChI=1S/C15H20FN3O2/c16-12-3-1-2-4-13(12)18-6-8-19(9-7-18)15(20)14-11-17-5-10-21-14/h1-4,14,17H,5-11H2. The minimum absolute atomic E-state index is 0.0374. The van der Waals surface area contributed by atoms with Crippen molar-refractivity contribution in [2.45, 2.75) is 6.10 Å². The average molecular weight is 293 g/mol. The first-order valence-electron chi connectivity index (χ1n) is 7.36. The van der Waals surface area contributed by atoms with Crippen molar-refractivity contribution < 1.29 is 13.9 Å². The number of halogens is 1. The molecule has 1 aromatic rings. The van der Waals surface area contributed by atoms with E-state index in [2.05, 4.69) is 5.32 Å². The van der Waals surface area contributed by atoms with Gasteiger partial charge in [-0.3, -0.25) is 4.79 Å². The van der Waals surface area contributed by atoms with Crippen LogP contribution in [0.2, 0.25) is 0 Å². The van der Waals surface area contributed by atoms with Gasteiger partial charge < -0.3 is 19.9 Å². The van der Waals surface area contributed by atoms with Gasteiger partial charge in [-0.25, -0.2) is 4.39 Å². The molecule has 2 aliphatic rings. The van der Waals surface area contributed by atoms with Gasteiger partial charge in [0.2, 0.25) is 0 Å². The van der Waals surface area contributed by atoms with E-state index in [1.165, 1.54) is 6.07 Å². The summed E-state index contributed by atoms with van der Waals surface area (Å²) in [5.41, 5.74) is 0.611. The molecule has 1 atom stereocenters. The molecule has 5 nitrogen and oxygen atoms in total. The van der Waals surface area contributed by atoms with Gasteiger partial charge in [0.15, 0.2) is 0 Å². The maximum absolute atomic E-state index is 13.8. The smallest absolute Gasteiger partial charge is 0.253 e. The molecule has 1 amide bonds. The molecular formula is C15H20FN3O2. The summed E-state index contributed by atoms with van der Waals surface area (Å²) in [7, 11) is 0. The van der Waals surface area contributed by atoms with Crippen LogP contribution in [0.4, 0.5) is 10.1 Å². The molecule has 0 bridgehead atoms. The summed E-state index contributed by atoms with van der Waals surface area (Å²) in [6, 6.07) is 6.76. The molecule has 1 unspecified atom stereocenters. The van der Waals surface area contributed by atoms with Crippen LogP contribution in [-0.2, 0) is 9.53 Å². The number of ether oxygens (including phenoxy) is 1. The lowest BCUT2D eigenvalue weighted by atomic mass is 10.2. The number of anilines is 1. The number of benzene rings is 1. The summed E-state index contributed by atoms with van der Waals surface area (Å²) in [5.74, 6) is -0.174. The first-order valence-corrected chi connectivity index (χ1v) is 7.36. The zero-order chi connectivity index (χ0) is 14.7. The Morgan fingerprint density at radius 2 is 2.00 bits per heavy atom. The molecule has 2 fully saturated rings. The third-order valence-corrected chi connectivity index (χ3v) is 3.99. The molecule has 0 aliphatic carbocycles. The molecule has 3 rings (SSSR count). The lowest BCUT2D eigenvalue weighted by molar-refractivity contribution is -0.145. The Kier molecular flexibility index (Phi) is 4.36. The van der Waals surface area contributed by atoms with Crippen molar-refractivity contribution in [2.75, 3.05) is 50.8 Å². The fraction of sp³-hybridized carbons (Fsp3) is 0.533. The highest BCUT2D eigenvalue weighted by molar-refractivity contribution is 5.81. The molecule has 2 saturated heterocycles. The number of carbonyl (C=O) groups excluding carboxylic acids is 1. The number of amides is 1. The number of nitrogens with zero attached hydrogens (tertiary/aromatic N) is 2. The van der Waals surface area contributed by atoms with Gasteiger partial charge in [-0.2, -0.15) is 0 Å². The van der Waals surface area contributed by atoms with Crippen molar-refractivity contribution in [3.05, 3.63) is 30.1 Å². The Balaban J connectivity index is 1.57. The van der Waals surface area contributed by atoms with E-state index in [9.17, 15) is 9.18 Å². The quantitative estimate of drug-likeness (QED) is 0.860. The van der Waals surface area contributed by atoms with E-state index in [-0.39, 0.29) is 17.8 Å². The van der Waals surface area contributed by atoms with Gasteiger partial charge in [0, 0.05) is 39.3 Å². The van der Waals surface area contributed by atoms with Crippen molar-refractivity contribution in [3.8, 4) is 0 Å². The van der Waals surface area contributed by atoms with Crippen LogP contribution in [-0.4, -0.2) is 62.8 Å². The predicted molar refractivity (Wildman–Crippen MR) is 77.8 cm³/mol. The summed E-state index contributed by atoms with van der Waals surface area (Å²) < 4.78 is 19.3. The Morgan fingerprint density at radius 3 is 2.67 bits per heavy atom. The summed E-state index contributed by atoms with van der Waals surface area (Å²) in [6.07, 6.45) is -0.376. The summed E-state index contributed by atoms with van der Waals surface area (Å²) in [4.78, 5) is 16.1. The number of morpholine rings is 1.